The number of nitrogens with two attached hydrogens (primary N) is 1. The van der Waals surface area contributed by atoms with Crippen LogP contribution in [0.15, 0.2) is 5.10 Å². The summed E-state index contributed by atoms with van der Waals surface area (Å²) < 4.78 is 0. The van der Waals surface area contributed by atoms with Gasteiger partial charge in [0.05, 0.1) is 6.42 Å². The average Bonchev–Trinajstić information content (AvgIpc) is 2.26. The first kappa shape index (κ1) is 8.20. The third-order valence-corrected chi connectivity index (χ3v) is 1.56. The van der Waals surface area contributed by atoms with Gasteiger partial charge in [0.15, 0.2) is 0 Å². The first-order valence-corrected chi connectivity index (χ1v) is 3.78. The number of hydrogen-bond acceptors (Lipinski definition) is 3. The minimum Gasteiger partial charge on any atom is -0.330 e. The molecule has 0 radical (unpaired) electrons. The topological polar surface area (TPSA) is 58.7 Å². The Hall–Kier alpha value is -0.900. The molecule has 0 atom stereocenters. The van der Waals surface area contributed by atoms with Gasteiger partial charge in [-0.05, 0) is 19.9 Å². The highest BCUT2D eigenvalue weighted by Gasteiger charge is 2.19. The van der Waals surface area contributed by atoms with Gasteiger partial charge in [0.2, 0.25) is 5.91 Å². The fourth-order valence-corrected chi connectivity index (χ4v) is 1.02. The van der Waals surface area contributed by atoms with E-state index in [0.29, 0.717) is 19.5 Å². The minimum atomic E-state index is 0.0935. The van der Waals surface area contributed by atoms with E-state index in [4.69, 9.17) is 5.73 Å². The van der Waals surface area contributed by atoms with Gasteiger partial charge in [-0.25, -0.2) is 5.01 Å². The van der Waals surface area contributed by atoms with E-state index in [1.54, 1.807) is 0 Å². The molecule has 2 N–H and O–H groups in total. The molecule has 62 valence electrons. The Balaban J connectivity index is 2.39. The summed E-state index contributed by atoms with van der Waals surface area (Å²) in [6.07, 6.45) is 1.30. The van der Waals surface area contributed by atoms with Crippen molar-refractivity contribution in [2.24, 2.45) is 10.8 Å². The SMILES string of the molecule is CC1=NN(CCCN)C(=O)C1. The molecule has 1 aliphatic rings. The molecule has 1 heterocycles. The summed E-state index contributed by atoms with van der Waals surface area (Å²) in [4.78, 5) is 11.1. The number of hydrazone groups is 1. The molecule has 0 bridgehead atoms. The Morgan fingerprint density at radius 2 is 2.45 bits per heavy atom. The fourth-order valence-electron chi connectivity index (χ4n) is 1.02. The summed E-state index contributed by atoms with van der Waals surface area (Å²) in [6, 6.07) is 0. The van der Waals surface area contributed by atoms with Crippen LogP contribution in [0.1, 0.15) is 19.8 Å². The highest BCUT2D eigenvalue weighted by atomic mass is 16.2. The van der Waals surface area contributed by atoms with Crippen molar-refractivity contribution in [1.82, 2.24) is 5.01 Å². The maximum absolute atomic E-state index is 11.1. The van der Waals surface area contributed by atoms with E-state index < -0.39 is 0 Å². The van der Waals surface area contributed by atoms with Crippen molar-refractivity contribution >= 4 is 11.6 Å². The van der Waals surface area contributed by atoms with E-state index in [1.807, 2.05) is 6.92 Å². The molecule has 1 amide bonds. The molecule has 0 spiro atoms. The van der Waals surface area contributed by atoms with Crippen LogP contribution in [0.2, 0.25) is 0 Å². The van der Waals surface area contributed by atoms with Crippen molar-refractivity contribution in [3.63, 3.8) is 0 Å². The number of rotatable bonds is 3. The molecule has 1 aliphatic heterocycles. The van der Waals surface area contributed by atoms with Crippen molar-refractivity contribution in [3.05, 3.63) is 0 Å². The zero-order chi connectivity index (χ0) is 8.27. The Labute approximate surface area is 66.0 Å². The van der Waals surface area contributed by atoms with Gasteiger partial charge in [0.25, 0.3) is 0 Å². The van der Waals surface area contributed by atoms with Gasteiger partial charge in [-0.2, -0.15) is 5.10 Å². The van der Waals surface area contributed by atoms with Gasteiger partial charge in [-0.1, -0.05) is 0 Å². The van der Waals surface area contributed by atoms with Crippen LogP contribution in [0.25, 0.3) is 0 Å². The molecular formula is C7H13N3O. The normalized spacial score (nSPS) is 17.5. The second kappa shape index (κ2) is 3.48. The number of carbonyl (C=O) groups is 1. The smallest absolute Gasteiger partial charge is 0.248 e. The van der Waals surface area contributed by atoms with Crippen LogP contribution in [0.4, 0.5) is 0 Å². The van der Waals surface area contributed by atoms with Crippen LogP contribution in [0, 0.1) is 0 Å². The van der Waals surface area contributed by atoms with E-state index in [9.17, 15) is 4.79 Å². The zero-order valence-corrected chi connectivity index (χ0v) is 6.71. The van der Waals surface area contributed by atoms with Gasteiger partial charge in [-0.3, -0.25) is 4.79 Å². The summed E-state index contributed by atoms with van der Waals surface area (Å²) in [6.45, 7) is 3.13. The zero-order valence-electron chi connectivity index (χ0n) is 6.71. The van der Waals surface area contributed by atoms with Crippen LogP contribution >= 0.6 is 0 Å². The summed E-state index contributed by atoms with van der Waals surface area (Å²) in [7, 11) is 0. The van der Waals surface area contributed by atoms with Gasteiger partial charge >= 0.3 is 0 Å². The van der Waals surface area contributed by atoms with Gasteiger partial charge in [0, 0.05) is 12.3 Å². The molecule has 0 aromatic rings. The van der Waals surface area contributed by atoms with Crippen LogP contribution in [0.5, 0.6) is 0 Å². The van der Waals surface area contributed by atoms with E-state index in [0.717, 1.165) is 12.1 Å². The molecule has 0 fully saturated rings. The largest absolute Gasteiger partial charge is 0.330 e. The Morgan fingerprint density at radius 3 is 2.91 bits per heavy atom. The summed E-state index contributed by atoms with van der Waals surface area (Å²) in [5.74, 6) is 0.0935. The quantitative estimate of drug-likeness (QED) is 0.621. The Kier molecular flexibility index (Phi) is 2.59. The van der Waals surface area contributed by atoms with E-state index >= 15 is 0 Å². The number of nitrogens with zero attached hydrogens (tertiary/aromatic N) is 2. The monoisotopic (exact) mass is 155 g/mol. The molecule has 4 nitrogen and oxygen atoms in total. The average molecular weight is 155 g/mol. The predicted octanol–water partition coefficient (Wildman–Crippen LogP) is -0.0566. The molecular weight excluding hydrogens is 142 g/mol. The maximum Gasteiger partial charge on any atom is 0.248 e. The second-order valence-corrected chi connectivity index (χ2v) is 2.67. The highest BCUT2D eigenvalue weighted by Crippen LogP contribution is 2.07. The molecule has 0 aromatic carbocycles. The van der Waals surface area contributed by atoms with Crippen molar-refractivity contribution in [3.8, 4) is 0 Å². The fraction of sp³-hybridized carbons (Fsp3) is 0.714. The van der Waals surface area contributed by atoms with Crippen LogP contribution < -0.4 is 5.73 Å². The third-order valence-electron chi connectivity index (χ3n) is 1.56. The Bertz CT molecular complexity index is 188. The van der Waals surface area contributed by atoms with Gasteiger partial charge < -0.3 is 5.73 Å². The highest BCUT2D eigenvalue weighted by molar-refractivity contribution is 6.03. The molecule has 1 rings (SSSR count). The number of hydrogen-bond donors (Lipinski definition) is 1. The van der Waals surface area contributed by atoms with E-state index in [-0.39, 0.29) is 5.91 Å². The number of carbonyl (C=O) groups excluding carboxylic acids is 1. The lowest BCUT2D eigenvalue weighted by Gasteiger charge is -2.09. The van der Waals surface area contributed by atoms with E-state index in [1.165, 1.54) is 5.01 Å². The molecule has 11 heavy (non-hydrogen) atoms. The van der Waals surface area contributed by atoms with Crippen LogP contribution in [0.3, 0.4) is 0 Å². The molecule has 4 heteroatoms. The first-order chi connectivity index (χ1) is 5.24. The molecule has 0 saturated heterocycles. The predicted molar refractivity (Wildman–Crippen MR) is 43.1 cm³/mol. The first-order valence-electron chi connectivity index (χ1n) is 3.78. The minimum absolute atomic E-state index is 0.0935. The van der Waals surface area contributed by atoms with Gasteiger partial charge in [0.1, 0.15) is 0 Å². The summed E-state index contributed by atoms with van der Waals surface area (Å²) >= 11 is 0. The van der Waals surface area contributed by atoms with E-state index in [2.05, 4.69) is 5.10 Å². The van der Waals surface area contributed by atoms with Gasteiger partial charge in [-0.15, -0.1) is 0 Å². The molecule has 0 aliphatic carbocycles. The van der Waals surface area contributed by atoms with Crippen molar-refractivity contribution in [2.75, 3.05) is 13.1 Å². The molecule has 0 aromatic heterocycles. The lowest BCUT2D eigenvalue weighted by atomic mass is 10.3. The van der Waals surface area contributed by atoms with Crippen LogP contribution in [-0.4, -0.2) is 29.7 Å². The standard InChI is InChI=1S/C7H13N3O/c1-6-5-7(11)10(9-6)4-2-3-8/h2-5,8H2,1H3. The lowest BCUT2D eigenvalue weighted by molar-refractivity contribution is -0.128. The summed E-state index contributed by atoms with van der Waals surface area (Å²) in [5.41, 5.74) is 6.20. The number of amides is 1. The second-order valence-electron chi connectivity index (χ2n) is 2.67. The molecule has 0 unspecified atom stereocenters. The van der Waals surface area contributed by atoms with Crippen molar-refractivity contribution < 1.29 is 4.79 Å². The van der Waals surface area contributed by atoms with Crippen molar-refractivity contribution in [1.29, 1.82) is 0 Å². The Morgan fingerprint density at radius 1 is 1.73 bits per heavy atom. The molecule has 0 saturated carbocycles. The van der Waals surface area contributed by atoms with Crippen LogP contribution in [-0.2, 0) is 4.79 Å². The third kappa shape index (κ3) is 2.01. The lowest BCUT2D eigenvalue weighted by Crippen LogP contribution is -2.23. The van der Waals surface area contributed by atoms with Crippen molar-refractivity contribution in [2.45, 2.75) is 19.8 Å². The summed E-state index contributed by atoms with van der Waals surface area (Å²) in [5, 5.41) is 5.55. The maximum atomic E-state index is 11.1.